The van der Waals surface area contributed by atoms with Gasteiger partial charge in [0.25, 0.3) is 5.56 Å². The average Bonchev–Trinajstić information content (AvgIpc) is 3.28. The fraction of sp³-hybridized carbons (Fsp3) is 0.370. The number of ether oxygens (including phenoxy) is 1. The van der Waals surface area contributed by atoms with Gasteiger partial charge in [-0.2, -0.15) is 11.8 Å². The van der Waals surface area contributed by atoms with Crippen molar-refractivity contribution in [2.45, 2.75) is 24.4 Å². The molecule has 3 heterocycles. The van der Waals surface area contributed by atoms with Gasteiger partial charge in [0, 0.05) is 54.4 Å². The molecule has 0 N–H and O–H groups in total. The molecule has 9 heteroatoms. The zero-order valence-electron chi connectivity index (χ0n) is 20.2. The number of hydrogen-bond acceptors (Lipinski definition) is 5. The first-order valence-corrected chi connectivity index (χ1v) is 14.0. The Morgan fingerprint density at radius 1 is 1.03 bits per heavy atom. The van der Waals surface area contributed by atoms with Gasteiger partial charge in [-0.3, -0.25) is 14.3 Å². The van der Waals surface area contributed by atoms with Crippen LogP contribution >= 0.6 is 23.5 Å². The molecule has 5 rings (SSSR count). The molecule has 4 nitrogen and oxygen atoms in total. The van der Waals surface area contributed by atoms with E-state index < -0.39 is 17.5 Å². The molecule has 0 amide bonds. The summed E-state index contributed by atoms with van der Waals surface area (Å²) in [5.74, 6) is 0.906. The molecule has 0 spiro atoms. The van der Waals surface area contributed by atoms with Crippen molar-refractivity contribution >= 4 is 23.5 Å². The van der Waals surface area contributed by atoms with Crippen molar-refractivity contribution in [2.24, 2.45) is 0 Å². The molecule has 1 saturated heterocycles. The standard InChI is InChI=1S/C27H27F3N2O2S2/c1-16-19(13-20-21(28)6-4-7-22(20)29)27-32(17(15-36-27)14-31-9-11-35-12-10-31)26(33)24(16)18-5-3-8-23(34-2)25(18)30/h3-8,17H,9-15H2,1-2H3. The topological polar surface area (TPSA) is 34.5 Å². The maximum atomic E-state index is 15.4. The van der Waals surface area contributed by atoms with Gasteiger partial charge in [-0.25, -0.2) is 13.2 Å². The van der Waals surface area contributed by atoms with E-state index in [2.05, 4.69) is 4.90 Å². The second-order valence-electron chi connectivity index (χ2n) is 9.04. The highest BCUT2D eigenvalue weighted by atomic mass is 32.2. The van der Waals surface area contributed by atoms with Gasteiger partial charge in [0.2, 0.25) is 0 Å². The van der Waals surface area contributed by atoms with Gasteiger partial charge in [-0.15, -0.1) is 11.8 Å². The molecule has 2 aliphatic rings. The summed E-state index contributed by atoms with van der Waals surface area (Å²) in [5.41, 5.74) is 1.18. The number of nitrogens with zero attached hydrogens (tertiary/aromatic N) is 2. The van der Waals surface area contributed by atoms with Gasteiger partial charge >= 0.3 is 0 Å². The van der Waals surface area contributed by atoms with Crippen LogP contribution in [-0.2, 0) is 6.42 Å². The summed E-state index contributed by atoms with van der Waals surface area (Å²) in [4.78, 5) is 16.3. The van der Waals surface area contributed by atoms with E-state index in [-0.39, 0.29) is 40.5 Å². The number of hydrogen-bond donors (Lipinski definition) is 0. The Kier molecular flexibility index (Phi) is 7.42. The van der Waals surface area contributed by atoms with E-state index >= 15 is 4.39 Å². The van der Waals surface area contributed by atoms with Crippen LogP contribution in [0.3, 0.4) is 0 Å². The SMILES string of the molecule is COc1cccc(-c2c(C)c(Cc3c(F)cccc3F)c3n(c2=O)C(CN2CCSCC2)CS3)c1F. The molecule has 0 aliphatic carbocycles. The summed E-state index contributed by atoms with van der Waals surface area (Å²) < 4.78 is 51.7. The lowest BCUT2D eigenvalue weighted by Crippen LogP contribution is -2.39. The maximum absolute atomic E-state index is 15.4. The molecule has 36 heavy (non-hydrogen) atoms. The Labute approximate surface area is 216 Å². The number of methoxy groups -OCH3 is 1. The largest absolute Gasteiger partial charge is 0.494 e. The van der Waals surface area contributed by atoms with Crippen molar-refractivity contribution in [3.8, 4) is 16.9 Å². The fourth-order valence-electron chi connectivity index (χ4n) is 5.05. The molecule has 0 saturated carbocycles. The van der Waals surface area contributed by atoms with Crippen molar-refractivity contribution in [3.05, 3.63) is 80.9 Å². The first-order chi connectivity index (χ1) is 17.4. The van der Waals surface area contributed by atoms with E-state index in [1.165, 1.54) is 43.1 Å². The van der Waals surface area contributed by atoms with E-state index in [1.807, 2.05) is 11.8 Å². The minimum Gasteiger partial charge on any atom is -0.494 e. The molecular weight excluding hydrogens is 505 g/mol. The summed E-state index contributed by atoms with van der Waals surface area (Å²) >= 11 is 3.45. The first-order valence-electron chi connectivity index (χ1n) is 11.9. The van der Waals surface area contributed by atoms with Gasteiger partial charge in [0.15, 0.2) is 11.6 Å². The number of benzene rings is 2. The normalized spacial score (nSPS) is 17.9. The molecule has 1 atom stereocenters. The molecule has 2 aromatic carbocycles. The Hall–Kier alpha value is -2.36. The number of rotatable bonds is 6. The number of fused-ring (bicyclic) bond motifs is 1. The fourth-order valence-corrected chi connectivity index (χ4v) is 7.40. The summed E-state index contributed by atoms with van der Waals surface area (Å²) in [7, 11) is 1.38. The second-order valence-corrected chi connectivity index (χ2v) is 11.3. The molecule has 0 radical (unpaired) electrons. The monoisotopic (exact) mass is 532 g/mol. The highest BCUT2D eigenvalue weighted by Gasteiger charge is 2.33. The molecule has 1 fully saturated rings. The molecule has 0 bridgehead atoms. The Morgan fingerprint density at radius 3 is 2.42 bits per heavy atom. The van der Waals surface area contributed by atoms with Crippen LogP contribution in [0.15, 0.2) is 46.2 Å². The molecule has 1 aromatic heterocycles. The number of halogens is 3. The summed E-state index contributed by atoms with van der Waals surface area (Å²) in [5, 5.41) is 0.712. The third-order valence-corrected chi connectivity index (χ3v) is 9.17. The van der Waals surface area contributed by atoms with E-state index in [9.17, 15) is 13.6 Å². The van der Waals surface area contributed by atoms with Crippen LogP contribution in [0, 0.1) is 24.4 Å². The van der Waals surface area contributed by atoms with Crippen LogP contribution in [0.4, 0.5) is 13.2 Å². The smallest absolute Gasteiger partial charge is 0.260 e. The van der Waals surface area contributed by atoms with Crippen molar-refractivity contribution in [1.82, 2.24) is 9.47 Å². The van der Waals surface area contributed by atoms with Crippen molar-refractivity contribution in [1.29, 1.82) is 0 Å². The predicted molar refractivity (Wildman–Crippen MR) is 140 cm³/mol. The zero-order chi connectivity index (χ0) is 25.4. The van der Waals surface area contributed by atoms with Crippen molar-refractivity contribution in [3.63, 3.8) is 0 Å². The maximum Gasteiger partial charge on any atom is 0.260 e. The Balaban J connectivity index is 1.70. The Bertz CT molecular complexity index is 1340. The van der Waals surface area contributed by atoms with Crippen LogP contribution in [0.1, 0.15) is 22.7 Å². The lowest BCUT2D eigenvalue weighted by Gasteiger charge is -2.29. The van der Waals surface area contributed by atoms with Gasteiger partial charge < -0.3 is 4.74 Å². The van der Waals surface area contributed by atoms with Gasteiger partial charge in [0.1, 0.15) is 11.6 Å². The van der Waals surface area contributed by atoms with E-state index in [1.54, 1.807) is 23.6 Å². The number of thioether (sulfide) groups is 2. The quantitative estimate of drug-likeness (QED) is 0.417. The zero-order valence-corrected chi connectivity index (χ0v) is 21.8. The van der Waals surface area contributed by atoms with Crippen LogP contribution in [0.5, 0.6) is 5.75 Å². The van der Waals surface area contributed by atoms with E-state index in [0.29, 0.717) is 28.5 Å². The van der Waals surface area contributed by atoms with Crippen LogP contribution in [-0.4, -0.2) is 53.5 Å². The predicted octanol–water partition coefficient (Wildman–Crippen LogP) is 5.54. The van der Waals surface area contributed by atoms with Crippen LogP contribution < -0.4 is 10.3 Å². The lowest BCUT2D eigenvalue weighted by atomic mass is 9.94. The summed E-state index contributed by atoms with van der Waals surface area (Å²) in [6.45, 7) is 4.34. The molecule has 190 valence electrons. The second kappa shape index (κ2) is 10.6. The van der Waals surface area contributed by atoms with Crippen LogP contribution in [0.25, 0.3) is 11.1 Å². The van der Waals surface area contributed by atoms with E-state index in [4.69, 9.17) is 4.74 Å². The number of aromatic nitrogens is 1. The lowest BCUT2D eigenvalue weighted by molar-refractivity contribution is 0.258. The minimum atomic E-state index is -0.640. The highest BCUT2D eigenvalue weighted by Crippen LogP contribution is 2.41. The number of pyridine rings is 1. The minimum absolute atomic E-state index is 0.0292. The van der Waals surface area contributed by atoms with Gasteiger partial charge in [-0.1, -0.05) is 18.2 Å². The third kappa shape index (κ3) is 4.57. The highest BCUT2D eigenvalue weighted by molar-refractivity contribution is 7.99. The third-order valence-electron chi connectivity index (χ3n) is 6.96. The van der Waals surface area contributed by atoms with Crippen molar-refractivity contribution in [2.75, 3.05) is 44.0 Å². The van der Waals surface area contributed by atoms with Gasteiger partial charge in [0.05, 0.1) is 23.7 Å². The molecule has 2 aliphatic heterocycles. The molecule has 1 unspecified atom stereocenters. The summed E-state index contributed by atoms with van der Waals surface area (Å²) in [6, 6.07) is 8.38. The van der Waals surface area contributed by atoms with Crippen LogP contribution in [0.2, 0.25) is 0 Å². The molecule has 3 aromatic rings. The van der Waals surface area contributed by atoms with Gasteiger partial charge in [-0.05, 0) is 36.2 Å². The van der Waals surface area contributed by atoms with E-state index in [0.717, 1.165) is 24.6 Å². The Morgan fingerprint density at radius 2 is 1.72 bits per heavy atom. The molecular formula is C27H27F3N2O2S2. The first kappa shape index (κ1) is 25.3. The summed E-state index contributed by atoms with van der Waals surface area (Å²) in [6.07, 6.45) is -0.0292. The average molecular weight is 533 g/mol. The van der Waals surface area contributed by atoms with Crippen molar-refractivity contribution < 1.29 is 17.9 Å².